The van der Waals surface area contributed by atoms with Crippen molar-refractivity contribution < 1.29 is 9.18 Å². The van der Waals surface area contributed by atoms with Gasteiger partial charge < -0.3 is 5.32 Å². The molecule has 0 spiro atoms. The number of nitrogens with zero attached hydrogens (tertiary/aromatic N) is 1. The van der Waals surface area contributed by atoms with Gasteiger partial charge in [0.25, 0.3) is 5.91 Å². The molecule has 1 aromatic heterocycles. The van der Waals surface area contributed by atoms with E-state index >= 15 is 0 Å². The first kappa shape index (κ1) is 14.1. The lowest BCUT2D eigenvalue weighted by Gasteiger charge is -2.08. The molecule has 0 radical (unpaired) electrons. The van der Waals surface area contributed by atoms with Gasteiger partial charge in [0, 0.05) is 5.56 Å². The third-order valence-electron chi connectivity index (χ3n) is 2.23. The molecular formula is C12H6Cl3FN2O. The maximum absolute atomic E-state index is 13.5. The highest BCUT2D eigenvalue weighted by Gasteiger charge is 2.13. The number of aromatic nitrogens is 1. The molecule has 3 nitrogen and oxygen atoms in total. The lowest BCUT2D eigenvalue weighted by atomic mass is 10.2. The van der Waals surface area contributed by atoms with Crippen molar-refractivity contribution in [3.8, 4) is 0 Å². The standard InChI is InChI=1S/C12H6Cl3FN2O/c13-7-2-1-3-8(16)11(7)18-12(19)6-4-9(14)17-10(15)5-6/h1-5H,(H,18,19). The molecule has 19 heavy (non-hydrogen) atoms. The third-order valence-corrected chi connectivity index (χ3v) is 2.93. The summed E-state index contributed by atoms with van der Waals surface area (Å²) in [5.74, 6) is -1.22. The SMILES string of the molecule is O=C(Nc1c(F)cccc1Cl)c1cc(Cl)nc(Cl)c1. The second kappa shape index (κ2) is 5.74. The smallest absolute Gasteiger partial charge is 0.256 e. The highest BCUT2D eigenvalue weighted by molar-refractivity contribution is 6.34. The molecule has 2 aromatic rings. The molecule has 0 aliphatic heterocycles. The van der Waals surface area contributed by atoms with Gasteiger partial charge in [-0.05, 0) is 24.3 Å². The minimum absolute atomic E-state index is 0.0669. The summed E-state index contributed by atoms with van der Waals surface area (Å²) < 4.78 is 13.5. The van der Waals surface area contributed by atoms with Gasteiger partial charge >= 0.3 is 0 Å². The Balaban J connectivity index is 2.31. The van der Waals surface area contributed by atoms with Gasteiger partial charge in [0.2, 0.25) is 0 Å². The molecule has 0 unspecified atom stereocenters. The van der Waals surface area contributed by atoms with Crippen LogP contribution >= 0.6 is 34.8 Å². The molecule has 0 aliphatic rings. The number of carbonyl (C=O) groups is 1. The molecule has 1 N–H and O–H groups in total. The molecule has 1 aromatic carbocycles. The molecule has 98 valence electrons. The molecule has 7 heteroatoms. The maximum atomic E-state index is 13.5. The number of amides is 1. The Bertz CT molecular complexity index is 608. The molecule has 1 amide bonds. The van der Waals surface area contributed by atoms with E-state index in [1.54, 1.807) is 0 Å². The van der Waals surface area contributed by atoms with Crippen LogP contribution in [-0.4, -0.2) is 10.9 Å². The minimum atomic E-state index is -0.632. The van der Waals surface area contributed by atoms with E-state index < -0.39 is 11.7 Å². The average Bonchev–Trinajstić information content (AvgIpc) is 2.32. The number of carbonyl (C=O) groups excluding carboxylic acids is 1. The number of anilines is 1. The van der Waals surface area contributed by atoms with E-state index in [1.807, 2.05) is 0 Å². The van der Waals surface area contributed by atoms with Gasteiger partial charge in [0.15, 0.2) is 0 Å². The first-order valence-corrected chi connectivity index (χ1v) is 6.19. The Morgan fingerprint density at radius 3 is 2.37 bits per heavy atom. The van der Waals surface area contributed by atoms with Crippen LogP contribution in [0.1, 0.15) is 10.4 Å². The van der Waals surface area contributed by atoms with Gasteiger partial charge in [-0.25, -0.2) is 9.37 Å². The van der Waals surface area contributed by atoms with E-state index in [4.69, 9.17) is 34.8 Å². The van der Waals surface area contributed by atoms with E-state index in [0.29, 0.717) is 0 Å². The Morgan fingerprint density at radius 1 is 1.16 bits per heavy atom. The number of nitrogens with one attached hydrogen (secondary N) is 1. The zero-order chi connectivity index (χ0) is 14.0. The average molecular weight is 320 g/mol. The van der Waals surface area contributed by atoms with Gasteiger partial charge in [-0.1, -0.05) is 40.9 Å². The van der Waals surface area contributed by atoms with Crippen LogP contribution in [0.5, 0.6) is 0 Å². The highest BCUT2D eigenvalue weighted by Crippen LogP contribution is 2.25. The fourth-order valence-electron chi connectivity index (χ4n) is 1.40. The zero-order valence-electron chi connectivity index (χ0n) is 9.25. The number of benzene rings is 1. The Morgan fingerprint density at radius 2 is 1.79 bits per heavy atom. The van der Waals surface area contributed by atoms with Crippen molar-refractivity contribution in [2.24, 2.45) is 0 Å². The van der Waals surface area contributed by atoms with Gasteiger partial charge in [-0.15, -0.1) is 0 Å². The number of para-hydroxylation sites is 1. The summed E-state index contributed by atoms with van der Waals surface area (Å²) in [6.45, 7) is 0. The van der Waals surface area contributed by atoms with Crippen molar-refractivity contribution >= 4 is 46.4 Å². The second-order valence-electron chi connectivity index (χ2n) is 3.55. The zero-order valence-corrected chi connectivity index (χ0v) is 11.5. The normalized spacial score (nSPS) is 10.3. The molecule has 0 saturated carbocycles. The Labute approximate surface area is 123 Å². The molecule has 0 bridgehead atoms. The van der Waals surface area contributed by atoms with Crippen LogP contribution in [0.2, 0.25) is 15.3 Å². The fourth-order valence-corrected chi connectivity index (χ4v) is 2.07. The van der Waals surface area contributed by atoms with Gasteiger partial charge in [0.05, 0.1) is 10.7 Å². The van der Waals surface area contributed by atoms with Crippen molar-refractivity contribution in [1.82, 2.24) is 4.98 Å². The van der Waals surface area contributed by atoms with Crippen LogP contribution in [0.25, 0.3) is 0 Å². The van der Waals surface area contributed by atoms with Crippen LogP contribution in [0.3, 0.4) is 0 Å². The van der Waals surface area contributed by atoms with E-state index in [9.17, 15) is 9.18 Å². The first-order chi connectivity index (χ1) is 8.97. The van der Waals surface area contributed by atoms with Crippen LogP contribution in [0.4, 0.5) is 10.1 Å². The maximum Gasteiger partial charge on any atom is 0.256 e. The van der Waals surface area contributed by atoms with Gasteiger partial charge in [0.1, 0.15) is 16.1 Å². The summed E-state index contributed by atoms with van der Waals surface area (Å²) >= 11 is 17.2. The predicted molar refractivity (Wildman–Crippen MR) is 73.6 cm³/mol. The van der Waals surface area contributed by atoms with E-state index in [2.05, 4.69) is 10.3 Å². The lowest BCUT2D eigenvalue weighted by Crippen LogP contribution is -2.13. The molecule has 0 fully saturated rings. The van der Waals surface area contributed by atoms with Crippen molar-refractivity contribution in [3.05, 3.63) is 57.0 Å². The molecule has 2 rings (SSSR count). The number of hydrogen-bond donors (Lipinski definition) is 1. The summed E-state index contributed by atoms with van der Waals surface area (Å²) in [7, 11) is 0. The number of pyridine rings is 1. The highest BCUT2D eigenvalue weighted by atomic mass is 35.5. The van der Waals surface area contributed by atoms with Gasteiger partial charge in [-0.2, -0.15) is 0 Å². The summed E-state index contributed by atoms with van der Waals surface area (Å²) in [5.41, 5.74) is 0.0579. The fraction of sp³-hybridized carbons (Fsp3) is 0. The van der Waals surface area contributed by atoms with Crippen molar-refractivity contribution in [2.45, 2.75) is 0 Å². The van der Waals surface area contributed by atoms with E-state index in [1.165, 1.54) is 30.3 Å². The van der Waals surface area contributed by atoms with Crippen molar-refractivity contribution in [3.63, 3.8) is 0 Å². The second-order valence-corrected chi connectivity index (χ2v) is 4.73. The third kappa shape index (κ3) is 3.35. The topological polar surface area (TPSA) is 42.0 Å². The summed E-state index contributed by atoms with van der Waals surface area (Å²) in [4.78, 5) is 15.7. The summed E-state index contributed by atoms with van der Waals surface area (Å²) in [6.07, 6.45) is 0. The van der Waals surface area contributed by atoms with Crippen molar-refractivity contribution in [1.29, 1.82) is 0 Å². The minimum Gasteiger partial charge on any atom is -0.318 e. The summed E-state index contributed by atoms with van der Waals surface area (Å²) in [6, 6.07) is 6.73. The summed E-state index contributed by atoms with van der Waals surface area (Å²) in [5, 5.41) is 2.59. The van der Waals surface area contributed by atoms with Crippen LogP contribution in [0.15, 0.2) is 30.3 Å². The molecule has 0 atom stereocenters. The number of hydrogen-bond acceptors (Lipinski definition) is 2. The first-order valence-electron chi connectivity index (χ1n) is 5.06. The predicted octanol–water partition coefficient (Wildman–Crippen LogP) is 4.43. The monoisotopic (exact) mass is 318 g/mol. The Hall–Kier alpha value is -1.36. The van der Waals surface area contributed by atoms with Crippen LogP contribution < -0.4 is 5.32 Å². The quantitative estimate of drug-likeness (QED) is 0.832. The van der Waals surface area contributed by atoms with E-state index in [0.717, 1.165) is 0 Å². The molecule has 0 saturated heterocycles. The van der Waals surface area contributed by atoms with Gasteiger partial charge in [-0.3, -0.25) is 4.79 Å². The van der Waals surface area contributed by atoms with Crippen LogP contribution in [0, 0.1) is 5.82 Å². The largest absolute Gasteiger partial charge is 0.318 e. The van der Waals surface area contributed by atoms with Crippen LogP contribution in [-0.2, 0) is 0 Å². The molecule has 0 aliphatic carbocycles. The molecular weight excluding hydrogens is 314 g/mol. The molecule has 1 heterocycles. The van der Waals surface area contributed by atoms with E-state index in [-0.39, 0.29) is 26.6 Å². The number of halogens is 4. The Kier molecular flexibility index (Phi) is 4.24. The van der Waals surface area contributed by atoms with Crippen molar-refractivity contribution in [2.75, 3.05) is 5.32 Å². The lowest BCUT2D eigenvalue weighted by molar-refractivity contribution is 0.102. The number of rotatable bonds is 2.